The fraction of sp³-hybridized carbons (Fsp3) is 0.667. The molecule has 1 aliphatic rings. The third kappa shape index (κ3) is 5.86. The molecule has 0 aliphatic carbocycles. The molecule has 2 amide bonds. The third-order valence-corrected chi connectivity index (χ3v) is 3.52. The van der Waals surface area contributed by atoms with Crippen molar-refractivity contribution in [3.05, 3.63) is 11.8 Å². The van der Waals surface area contributed by atoms with Crippen LogP contribution in [0.1, 0.15) is 39.5 Å². The van der Waals surface area contributed by atoms with E-state index in [0.29, 0.717) is 13.0 Å². The minimum atomic E-state index is -0.353. The van der Waals surface area contributed by atoms with Gasteiger partial charge in [0.05, 0.1) is 0 Å². The van der Waals surface area contributed by atoms with Crippen molar-refractivity contribution < 1.29 is 9.59 Å². The number of carbonyl (C=O) groups is 2. The number of hydrogen-bond donors (Lipinski definition) is 2. The zero-order chi connectivity index (χ0) is 15.7. The molecule has 1 rings (SSSR count). The minimum absolute atomic E-state index is 0.0513. The maximum absolute atomic E-state index is 11.8. The fourth-order valence-corrected chi connectivity index (χ4v) is 2.04. The standard InChI is InChI=1S/C15H24N4O2/c1-3-12(2)18-15(21)13(10-16)11-17-7-5-9-19-8-4-6-14(19)20/h11-12,17H,3-9H2,1-2H3,(H,18,21)/b13-11-. The van der Waals surface area contributed by atoms with Crippen molar-refractivity contribution >= 4 is 11.8 Å². The number of nitrogens with one attached hydrogen (secondary N) is 2. The molecular formula is C15H24N4O2. The van der Waals surface area contributed by atoms with Gasteiger partial charge < -0.3 is 15.5 Å². The zero-order valence-corrected chi connectivity index (χ0v) is 12.8. The van der Waals surface area contributed by atoms with Gasteiger partial charge in [0.1, 0.15) is 11.6 Å². The molecule has 1 aliphatic heterocycles. The lowest BCUT2D eigenvalue weighted by molar-refractivity contribution is -0.127. The van der Waals surface area contributed by atoms with Gasteiger partial charge in [0.2, 0.25) is 5.91 Å². The van der Waals surface area contributed by atoms with Gasteiger partial charge in [0.25, 0.3) is 5.91 Å². The predicted molar refractivity (Wildman–Crippen MR) is 80.0 cm³/mol. The Bertz CT molecular complexity index is 439. The van der Waals surface area contributed by atoms with Crippen LogP contribution in [0.15, 0.2) is 11.8 Å². The Kier molecular flexibility index (Phi) is 7.30. The lowest BCUT2D eigenvalue weighted by atomic mass is 10.2. The van der Waals surface area contributed by atoms with Gasteiger partial charge in [-0.05, 0) is 26.2 Å². The van der Waals surface area contributed by atoms with Gasteiger partial charge in [0.15, 0.2) is 0 Å². The van der Waals surface area contributed by atoms with Gasteiger partial charge in [-0.1, -0.05) is 6.92 Å². The van der Waals surface area contributed by atoms with Crippen LogP contribution in [0.4, 0.5) is 0 Å². The molecule has 1 fully saturated rings. The van der Waals surface area contributed by atoms with E-state index in [4.69, 9.17) is 5.26 Å². The maximum Gasteiger partial charge on any atom is 0.263 e. The second kappa shape index (κ2) is 9.01. The zero-order valence-electron chi connectivity index (χ0n) is 12.8. The number of nitriles is 1. The first kappa shape index (κ1) is 17.0. The lowest BCUT2D eigenvalue weighted by Crippen LogP contribution is -2.33. The van der Waals surface area contributed by atoms with Crippen LogP contribution in [0.5, 0.6) is 0 Å². The summed E-state index contributed by atoms with van der Waals surface area (Å²) in [4.78, 5) is 25.0. The average molecular weight is 292 g/mol. The molecule has 0 aromatic carbocycles. The molecule has 2 N–H and O–H groups in total. The summed E-state index contributed by atoms with van der Waals surface area (Å²) in [5, 5.41) is 14.7. The van der Waals surface area contributed by atoms with Crippen molar-refractivity contribution in [2.45, 2.75) is 45.6 Å². The van der Waals surface area contributed by atoms with E-state index in [1.807, 2.05) is 24.8 Å². The van der Waals surface area contributed by atoms with E-state index >= 15 is 0 Å². The number of carbonyl (C=O) groups excluding carboxylic acids is 2. The molecule has 1 atom stereocenters. The van der Waals surface area contributed by atoms with Crippen molar-refractivity contribution in [3.63, 3.8) is 0 Å². The molecule has 0 spiro atoms. The molecule has 1 saturated heterocycles. The normalized spacial score (nSPS) is 16.5. The Hall–Kier alpha value is -2.03. The van der Waals surface area contributed by atoms with E-state index in [9.17, 15) is 9.59 Å². The van der Waals surface area contributed by atoms with Crippen LogP contribution < -0.4 is 10.6 Å². The average Bonchev–Trinajstić information content (AvgIpc) is 2.87. The molecule has 21 heavy (non-hydrogen) atoms. The molecule has 6 heteroatoms. The third-order valence-electron chi connectivity index (χ3n) is 3.52. The first-order valence-electron chi connectivity index (χ1n) is 7.50. The van der Waals surface area contributed by atoms with Crippen LogP contribution in [0.2, 0.25) is 0 Å². The Morgan fingerprint density at radius 3 is 2.90 bits per heavy atom. The highest BCUT2D eigenvalue weighted by atomic mass is 16.2. The van der Waals surface area contributed by atoms with Crippen molar-refractivity contribution in [3.8, 4) is 6.07 Å². The Labute approximate surface area is 126 Å². The summed E-state index contributed by atoms with van der Waals surface area (Å²) in [6.07, 6.45) is 4.67. The number of likely N-dealkylation sites (tertiary alicyclic amines) is 1. The monoisotopic (exact) mass is 292 g/mol. The molecule has 0 radical (unpaired) electrons. The number of nitrogens with zero attached hydrogens (tertiary/aromatic N) is 2. The Morgan fingerprint density at radius 2 is 2.33 bits per heavy atom. The Balaban J connectivity index is 2.28. The van der Waals surface area contributed by atoms with Gasteiger partial charge in [-0.2, -0.15) is 5.26 Å². The highest BCUT2D eigenvalue weighted by molar-refractivity contribution is 5.97. The van der Waals surface area contributed by atoms with Crippen LogP contribution in [-0.4, -0.2) is 42.4 Å². The van der Waals surface area contributed by atoms with Crippen LogP contribution >= 0.6 is 0 Å². The SMILES string of the molecule is CCC(C)NC(=O)/C(C#N)=C\NCCCN1CCCC1=O. The molecule has 1 heterocycles. The van der Waals surface area contributed by atoms with Crippen LogP contribution in [-0.2, 0) is 9.59 Å². The number of hydrogen-bond acceptors (Lipinski definition) is 4. The molecule has 0 aromatic rings. The summed E-state index contributed by atoms with van der Waals surface area (Å²) in [6.45, 7) is 6.06. The summed E-state index contributed by atoms with van der Waals surface area (Å²) >= 11 is 0. The molecule has 116 valence electrons. The van der Waals surface area contributed by atoms with Gasteiger partial charge in [-0.3, -0.25) is 9.59 Å². The van der Waals surface area contributed by atoms with Crippen LogP contribution in [0, 0.1) is 11.3 Å². The van der Waals surface area contributed by atoms with E-state index in [0.717, 1.165) is 32.4 Å². The molecular weight excluding hydrogens is 268 g/mol. The number of rotatable bonds is 8. The summed E-state index contributed by atoms with van der Waals surface area (Å²) in [7, 11) is 0. The topological polar surface area (TPSA) is 85.2 Å². The smallest absolute Gasteiger partial charge is 0.263 e. The Morgan fingerprint density at radius 1 is 1.57 bits per heavy atom. The first-order chi connectivity index (χ1) is 10.1. The van der Waals surface area contributed by atoms with E-state index < -0.39 is 0 Å². The summed E-state index contributed by atoms with van der Waals surface area (Å²) < 4.78 is 0. The van der Waals surface area contributed by atoms with Crippen molar-refractivity contribution in [2.75, 3.05) is 19.6 Å². The summed E-state index contributed by atoms with van der Waals surface area (Å²) in [5.41, 5.74) is 0.0764. The predicted octanol–water partition coefficient (Wildman–Crippen LogP) is 0.911. The maximum atomic E-state index is 11.8. The molecule has 0 bridgehead atoms. The van der Waals surface area contributed by atoms with Crippen molar-refractivity contribution in [1.82, 2.24) is 15.5 Å². The van der Waals surface area contributed by atoms with Crippen LogP contribution in [0.25, 0.3) is 0 Å². The van der Waals surface area contributed by atoms with E-state index in [1.54, 1.807) is 0 Å². The van der Waals surface area contributed by atoms with Gasteiger partial charge in [0, 0.05) is 38.3 Å². The van der Waals surface area contributed by atoms with Gasteiger partial charge in [-0.15, -0.1) is 0 Å². The van der Waals surface area contributed by atoms with Gasteiger partial charge in [-0.25, -0.2) is 0 Å². The van der Waals surface area contributed by atoms with Crippen LogP contribution in [0.3, 0.4) is 0 Å². The molecule has 0 aromatic heterocycles. The summed E-state index contributed by atoms with van der Waals surface area (Å²) in [6, 6.07) is 1.94. The largest absolute Gasteiger partial charge is 0.390 e. The lowest BCUT2D eigenvalue weighted by Gasteiger charge is -2.15. The highest BCUT2D eigenvalue weighted by Crippen LogP contribution is 2.09. The summed E-state index contributed by atoms with van der Waals surface area (Å²) in [5.74, 6) is -0.134. The van der Waals surface area contributed by atoms with E-state index in [-0.39, 0.29) is 23.4 Å². The first-order valence-corrected chi connectivity index (χ1v) is 7.50. The number of amides is 2. The van der Waals surface area contributed by atoms with Crippen molar-refractivity contribution in [1.29, 1.82) is 5.26 Å². The second-order valence-electron chi connectivity index (χ2n) is 5.24. The minimum Gasteiger partial charge on any atom is -0.390 e. The molecule has 6 nitrogen and oxygen atoms in total. The van der Waals surface area contributed by atoms with E-state index in [2.05, 4.69) is 10.6 Å². The van der Waals surface area contributed by atoms with Gasteiger partial charge >= 0.3 is 0 Å². The van der Waals surface area contributed by atoms with E-state index in [1.165, 1.54) is 6.20 Å². The molecule has 0 saturated carbocycles. The highest BCUT2D eigenvalue weighted by Gasteiger charge is 2.18. The fourth-order valence-electron chi connectivity index (χ4n) is 2.04. The second-order valence-corrected chi connectivity index (χ2v) is 5.24. The van der Waals surface area contributed by atoms with Crippen molar-refractivity contribution in [2.24, 2.45) is 0 Å². The quantitative estimate of drug-likeness (QED) is 0.395. The molecule has 1 unspecified atom stereocenters.